The average molecular weight is 260 g/mol. The number of ketones is 1. The molecule has 0 aliphatic rings. The van der Waals surface area contributed by atoms with Crippen molar-refractivity contribution < 1.29 is 22.7 Å². The molecule has 0 aromatic heterocycles. The third-order valence-electron chi connectivity index (χ3n) is 2.10. The molecule has 0 saturated heterocycles. The molecule has 1 rings (SSSR count). The molecule has 0 unspecified atom stereocenters. The van der Waals surface area contributed by atoms with E-state index in [1.165, 1.54) is 18.2 Å². The number of halogens is 3. The molecular formula is C13H15F3O2. The summed E-state index contributed by atoms with van der Waals surface area (Å²) in [6.07, 6.45) is -4.64. The number of hydrogen-bond donors (Lipinski definition) is 0. The highest BCUT2D eigenvalue weighted by Crippen LogP contribution is 2.29. The predicted molar refractivity (Wildman–Crippen MR) is 61.5 cm³/mol. The molecular weight excluding hydrogens is 245 g/mol. The van der Waals surface area contributed by atoms with Crippen molar-refractivity contribution >= 4 is 5.78 Å². The van der Waals surface area contributed by atoms with Gasteiger partial charge in [-0.1, -0.05) is 32.9 Å². The van der Waals surface area contributed by atoms with Crippen LogP contribution in [0.25, 0.3) is 0 Å². The van der Waals surface area contributed by atoms with Crippen LogP contribution in [0.2, 0.25) is 0 Å². The zero-order chi connectivity index (χ0) is 14.0. The fourth-order valence-corrected chi connectivity index (χ4v) is 1.49. The van der Waals surface area contributed by atoms with Crippen LogP contribution in [0.3, 0.4) is 0 Å². The molecule has 0 aliphatic heterocycles. The quantitative estimate of drug-likeness (QED) is 0.761. The van der Waals surface area contributed by atoms with E-state index in [4.69, 9.17) is 0 Å². The lowest BCUT2D eigenvalue weighted by Crippen LogP contribution is -2.20. The Hall–Kier alpha value is -1.52. The van der Waals surface area contributed by atoms with Crippen LogP contribution < -0.4 is 4.74 Å². The molecule has 0 amide bonds. The number of benzene rings is 1. The maximum atomic E-state index is 12.2. The summed E-state index contributed by atoms with van der Waals surface area (Å²) in [6.45, 7) is 5.54. The molecule has 0 aliphatic carbocycles. The van der Waals surface area contributed by atoms with E-state index < -0.39 is 12.1 Å². The summed E-state index contributed by atoms with van der Waals surface area (Å²) in [5, 5.41) is 0. The van der Waals surface area contributed by atoms with Crippen LogP contribution in [0.15, 0.2) is 24.3 Å². The van der Waals surface area contributed by atoms with Gasteiger partial charge >= 0.3 is 6.36 Å². The Bertz CT molecular complexity index is 431. The number of Topliss-reactive ketones (excluding diaryl/α,β-unsaturated/α-hetero) is 1. The lowest BCUT2D eigenvalue weighted by molar-refractivity contribution is -0.274. The van der Waals surface area contributed by atoms with Gasteiger partial charge in [0, 0.05) is 6.42 Å². The lowest BCUT2D eigenvalue weighted by Gasteiger charge is -2.18. The molecule has 5 heteroatoms. The first kappa shape index (κ1) is 14.5. The van der Waals surface area contributed by atoms with Crippen molar-refractivity contribution in [2.45, 2.75) is 33.6 Å². The van der Waals surface area contributed by atoms with Gasteiger partial charge in [0.05, 0.1) is 5.56 Å². The van der Waals surface area contributed by atoms with Gasteiger partial charge in [-0.3, -0.25) is 4.79 Å². The molecule has 1 aromatic rings. The summed E-state index contributed by atoms with van der Waals surface area (Å²) in [5.41, 5.74) is -0.327. The Balaban J connectivity index is 2.99. The zero-order valence-corrected chi connectivity index (χ0v) is 10.5. The fraction of sp³-hybridized carbons (Fsp3) is 0.462. The number of rotatable bonds is 3. The normalized spacial score (nSPS) is 12.3. The van der Waals surface area contributed by atoms with Crippen molar-refractivity contribution in [2.75, 3.05) is 0 Å². The van der Waals surface area contributed by atoms with E-state index in [9.17, 15) is 18.0 Å². The van der Waals surface area contributed by atoms with E-state index in [0.29, 0.717) is 0 Å². The van der Waals surface area contributed by atoms with Gasteiger partial charge in [0.1, 0.15) is 5.75 Å². The second-order valence-electron chi connectivity index (χ2n) is 5.20. The summed E-state index contributed by atoms with van der Waals surface area (Å²) < 4.78 is 40.4. The Labute approximate surface area is 104 Å². The van der Waals surface area contributed by atoms with Crippen LogP contribution in [-0.4, -0.2) is 12.1 Å². The Morgan fingerprint density at radius 3 is 2.22 bits per heavy atom. The molecule has 18 heavy (non-hydrogen) atoms. The number of hydrogen-bond acceptors (Lipinski definition) is 2. The highest BCUT2D eigenvalue weighted by atomic mass is 19.4. The minimum absolute atomic E-state index is 0.0373. The van der Waals surface area contributed by atoms with Gasteiger partial charge in [-0.05, 0) is 17.5 Å². The first-order valence-corrected chi connectivity index (χ1v) is 5.46. The third-order valence-corrected chi connectivity index (χ3v) is 2.10. The number of carbonyl (C=O) groups excluding carboxylic acids is 1. The number of carbonyl (C=O) groups is 1. The fourth-order valence-electron chi connectivity index (χ4n) is 1.49. The van der Waals surface area contributed by atoms with Crippen molar-refractivity contribution in [2.24, 2.45) is 5.41 Å². The molecule has 0 spiro atoms. The highest BCUT2D eigenvalue weighted by molar-refractivity contribution is 5.98. The van der Waals surface area contributed by atoms with Crippen molar-refractivity contribution in [1.29, 1.82) is 0 Å². The van der Waals surface area contributed by atoms with Gasteiger partial charge < -0.3 is 4.74 Å². The molecule has 0 N–H and O–H groups in total. The zero-order valence-electron chi connectivity index (χ0n) is 10.5. The highest BCUT2D eigenvalue weighted by Gasteiger charge is 2.33. The first-order chi connectivity index (χ1) is 8.08. The van der Waals surface area contributed by atoms with E-state index in [2.05, 4.69) is 4.74 Å². The molecule has 0 fully saturated rings. The largest absolute Gasteiger partial charge is 0.573 e. The van der Waals surface area contributed by atoms with Crippen LogP contribution in [0, 0.1) is 5.41 Å². The van der Waals surface area contributed by atoms with E-state index >= 15 is 0 Å². The second-order valence-corrected chi connectivity index (χ2v) is 5.20. The standard InChI is InChI=1S/C13H15F3O2/c1-12(2,3)8-10(17)9-6-4-5-7-11(9)18-13(14,15)16/h4-7H,8H2,1-3H3. The topological polar surface area (TPSA) is 26.3 Å². The van der Waals surface area contributed by atoms with Crippen LogP contribution in [0.1, 0.15) is 37.6 Å². The van der Waals surface area contributed by atoms with Gasteiger partial charge in [-0.2, -0.15) is 0 Å². The second kappa shape index (κ2) is 5.00. The van der Waals surface area contributed by atoms with E-state index in [0.717, 1.165) is 6.07 Å². The van der Waals surface area contributed by atoms with Crippen LogP contribution in [0.4, 0.5) is 13.2 Å². The van der Waals surface area contributed by atoms with Crippen LogP contribution >= 0.6 is 0 Å². The molecule has 0 radical (unpaired) electrons. The lowest BCUT2D eigenvalue weighted by atomic mass is 9.87. The van der Waals surface area contributed by atoms with Crippen LogP contribution in [-0.2, 0) is 0 Å². The van der Waals surface area contributed by atoms with E-state index in [1.807, 2.05) is 20.8 Å². The third kappa shape index (κ3) is 4.77. The number of ether oxygens (including phenoxy) is 1. The van der Waals surface area contributed by atoms with Crippen molar-refractivity contribution in [3.05, 3.63) is 29.8 Å². The molecule has 0 saturated carbocycles. The van der Waals surface area contributed by atoms with Gasteiger partial charge in [-0.25, -0.2) is 0 Å². The minimum atomic E-state index is -4.79. The van der Waals surface area contributed by atoms with Crippen LogP contribution in [0.5, 0.6) is 5.75 Å². The van der Waals surface area contributed by atoms with E-state index in [-0.39, 0.29) is 23.2 Å². The van der Waals surface area contributed by atoms with Gasteiger partial charge in [0.2, 0.25) is 0 Å². The molecule has 100 valence electrons. The molecule has 1 aromatic carbocycles. The molecule has 0 heterocycles. The summed E-state index contributed by atoms with van der Waals surface area (Å²) in [6, 6.07) is 5.40. The Morgan fingerprint density at radius 2 is 1.72 bits per heavy atom. The van der Waals surface area contributed by atoms with Crippen molar-refractivity contribution in [3.63, 3.8) is 0 Å². The molecule has 0 bridgehead atoms. The van der Waals surface area contributed by atoms with Gasteiger partial charge in [-0.15, -0.1) is 13.2 Å². The van der Waals surface area contributed by atoms with E-state index in [1.54, 1.807) is 0 Å². The summed E-state index contributed by atoms with van der Waals surface area (Å²) in [4.78, 5) is 11.9. The molecule has 0 atom stereocenters. The SMILES string of the molecule is CC(C)(C)CC(=O)c1ccccc1OC(F)(F)F. The molecule has 2 nitrogen and oxygen atoms in total. The number of para-hydroxylation sites is 1. The predicted octanol–water partition coefficient (Wildman–Crippen LogP) is 4.20. The number of alkyl halides is 3. The summed E-state index contributed by atoms with van der Waals surface area (Å²) in [7, 11) is 0. The Kier molecular flexibility index (Phi) is 4.04. The minimum Gasteiger partial charge on any atom is -0.405 e. The van der Waals surface area contributed by atoms with Crippen molar-refractivity contribution in [3.8, 4) is 5.75 Å². The Morgan fingerprint density at radius 1 is 1.17 bits per heavy atom. The first-order valence-electron chi connectivity index (χ1n) is 5.46. The maximum Gasteiger partial charge on any atom is 0.573 e. The monoisotopic (exact) mass is 260 g/mol. The van der Waals surface area contributed by atoms with Crippen molar-refractivity contribution in [1.82, 2.24) is 0 Å². The summed E-state index contributed by atoms with van der Waals surface area (Å²) >= 11 is 0. The van der Waals surface area contributed by atoms with Gasteiger partial charge in [0.25, 0.3) is 0 Å². The summed E-state index contributed by atoms with van der Waals surface area (Å²) in [5.74, 6) is -0.804. The van der Waals surface area contributed by atoms with Gasteiger partial charge in [0.15, 0.2) is 5.78 Å². The maximum absolute atomic E-state index is 12.2. The smallest absolute Gasteiger partial charge is 0.405 e. The average Bonchev–Trinajstić information content (AvgIpc) is 2.12.